The highest BCUT2D eigenvalue weighted by molar-refractivity contribution is 7.92. The molecule has 0 heterocycles. The van der Waals surface area contributed by atoms with Gasteiger partial charge in [-0.15, -0.1) is 0 Å². The Kier molecular flexibility index (Phi) is 6.14. The third-order valence-corrected chi connectivity index (χ3v) is 4.74. The van der Waals surface area contributed by atoms with Crippen LogP contribution in [0.4, 0.5) is 14.5 Å². The second-order valence-electron chi connectivity index (χ2n) is 5.42. The number of nitrogens with zero attached hydrogens (tertiary/aromatic N) is 1. The third-order valence-electron chi connectivity index (χ3n) is 3.54. The van der Waals surface area contributed by atoms with Crippen LogP contribution in [-0.2, 0) is 10.0 Å². The first-order valence-electron chi connectivity index (χ1n) is 7.57. The summed E-state index contributed by atoms with van der Waals surface area (Å²) in [5, 5.41) is 2.48. The van der Waals surface area contributed by atoms with Crippen molar-refractivity contribution in [2.24, 2.45) is 0 Å². The van der Waals surface area contributed by atoms with Crippen molar-refractivity contribution in [1.29, 1.82) is 0 Å². The smallest absolute Gasteiger partial charge is 0.251 e. The molecule has 0 atom stereocenters. The summed E-state index contributed by atoms with van der Waals surface area (Å²) in [7, 11) is -2.08. The normalized spacial score (nSPS) is 11.1. The lowest BCUT2D eigenvalue weighted by molar-refractivity contribution is 0.0954. The standard InChI is InChI=1S/C17H18F2N2O4S/c1-25-14-6-4-13(5-7-14)21(26(2,23)24)10-9-20-17(22)12-3-8-15(18)16(19)11-12/h3-8,11H,9-10H2,1-2H3,(H,20,22). The zero-order valence-corrected chi connectivity index (χ0v) is 15.0. The summed E-state index contributed by atoms with van der Waals surface area (Å²) in [6, 6.07) is 9.17. The van der Waals surface area contributed by atoms with Crippen molar-refractivity contribution in [2.75, 3.05) is 30.8 Å². The Labute approximate surface area is 150 Å². The number of carbonyl (C=O) groups excluding carboxylic acids is 1. The lowest BCUT2D eigenvalue weighted by atomic mass is 10.2. The summed E-state index contributed by atoms with van der Waals surface area (Å²) in [5.41, 5.74) is 0.356. The van der Waals surface area contributed by atoms with Crippen LogP contribution in [0.2, 0.25) is 0 Å². The molecule has 0 bridgehead atoms. The zero-order chi connectivity index (χ0) is 19.3. The van der Waals surface area contributed by atoms with Gasteiger partial charge in [0, 0.05) is 12.1 Å². The lowest BCUT2D eigenvalue weighted by Crippen LogP contribution is -2.38. The maximum Gasteiger partial charge on any atom is 0.251 e. The Bertz CT molecular complexity index is 886. The fraction of sp³-hybridized carbons (Fsp3) is 0.235. The van der Waals surface area contributed by atoms with Crippen molar-refractivity contribution in [3.8, 4) is 5.75 Å². The Morgan fingerprint density at radius 3 is 2.31 bits per heavy atom. The second-order valence-corrected chi connectivity index (χ2v) is 7.32. The van der Waals surface area contributed by atoms with Gasteiger partial charge in [0.25, 0.3) is 5.91 Å². The highest BCUT2D eigenvalue weighted by atomic mass is 32.2. The summed E-state index contributed by atoms with van der Waals surface area (Å²) < 4.78 is 56.2. The number of nitrogens with one attached hydrogen (secondary N) is 1. The number of halogens is 2. The lowest BCUT2D eigenvalue weighted by Gasteiger charge is -2.22. The maximum absolute atomic E-state index is 13.2. The molecule has 0 aromatic heterocycles. The number of hydrogen-bond acceptors (Lipinski definition) is 4. The van der Waals surface area contributed by atoms with Gasteiger partial charge in [-0.05, 0) is 42.5 Å². The van der Waals surface area contributed by atoms with E-state index in [2.05, 4.69) is 5.32 Å². The zero-order valence-electron chi connectivity index (χ0n) is 14.2. The van der Waals surface area contributed by atoms with Gasteiger partial charge in [0.05, 0.1) is 25.6 Å². The van der Waals surface area contributed by atoms with E-state index in [1.54, 1.807) is 24.3 Å². The van der Waals surface area contributed by atoms with E-state index in [4.69, 9.17) is 4.74 Å². The van der Waals surface area contributed by atoms with Crippen LogP contribution in [0.15, 0.2) is 42.5 Å². The topological polar surface area (TPSA) is 75.7 Å². The third kappa shape index (κ3) is 4.92. The minimum absolute atomic E-state index is 0.0169. The number of ether oxygens (including phenoxy) is 1. The SMILES string of the molecule is COc1ccc(N(CCNC(=O)c2ccc(F)c(F)c2)S(C)(=O)=O)cc1. The molecule has 2 aromatic rings. The maximum atomic E-state index is 13.2. The van der Waals surface area contributed by atoms with Gasteiger partial charge in [0.15, 0.2) is 11.6 Å². The quantitative estimate of drug-likeness (QED) is 0.794. The molecule has 9 heteroatoms. The first-order chi connectivity index (χ1) is 12.2. The first kappa shape index (κ1) is 19.6. The predicted molar refractivity (Wildman–Crippen MR) is 93.9 cm³/mol. The largest absolute Gasteiger partial charge is 0.497 e. The van der Waals surface area contributed by atoms with Crippen molar-refractivity contribution in [1.82, 2.24) is 5.32 Å². The summed E-state index contributed by atoms with van der Waals surface area (Å²) >= 11 is 0. The highest BCUT2D eigenvalue weighted by Crippen LogP contribution is 2.21. The van der Waals surface area contributed by atoms with Gasteiger partial charge in [-0.25, -0.2) is 17.2 Å². The molecular formula is C17H18F2N2O4S. The minimum atomic E-state index is -3.58. The molecule has 26 heavy (non-hydrogen) atoms. The molecule has 1 N–H and O–H groups in total. The van der Waals surface area contributed by atoms with Crippen molar-refractivity contribution in [2.45, 2.75) is 0 Å². The van der Waals surface area contributed by atoms with E-state index in [0.717, 1.165) is 28.8 Å². The molecule has 0 saturated heterocycles. The molecule has 0 spiro atoms. The van der Waals surface area contributed by atoms with Gasteiger partial charge in [-0.1, -0.05) is 0 Å². The molecule has 0 unspecified atom stereocenters. The van der Waals surface area contributed by atoms with Crippen LogP contribution in [0, 0.1) is 11.6 Å². The van der Waals surface area contributed by atoms with Crippen LogP contribution in [0.3, 0.4) is 0 Å². The van der Waals surface area contributed by atoms with E-state index in [1.807, 2.05) is 0 Å². The number of sulfonamides is 1. The van der Waals surface area contributed by atoms with Gasteiger partial charge in [-0.3, -0.25) is 9.10 Å². The monoisotopic (exact) mass is 384 g/mol. The van der Waals surface area contributed by atoms with Crippen molar-refractivity contribution < 1.29 is 26.7 Å². The Morgan fingerprint density at radius 2 is 1.77 bits per heavy atom. The number of hydrogen-bond donors (Lipinski definition) is 1. The average molecular weight is 384 g/mol. The summed E-state index contributed by atoms with van der Waals surface area (Å²) in [4.78, 5) is 12.0. The predicted octanol–water partition coefficient (Wildman–Crippen LogP) is 2.17. The van der Waals surface area contributed by atoms with Crippen molar-refractivity contribution in [3.05, 3.63) is 59.7 Å². The second kappa shape index (κ2) is 8.13. The molecule has 0 fully saturated rings. The molecule has 6 nitrogen and oxygen atoms in total. The molecule has 0 aliphatic carbocycles. The van der Waals surface area contributed by atoms with Gasteiger partial charge in [-0.2, -0.15) is 0 Å². The summed E-state index contributed by atoms with van der Waals surface area (Å²) in [6.07, 6.45) is 1.05. The van der Waals surface area contributed by atoms with Crippen LogP contribution < -0.4 is 14.4 Å². The van der Waals surface area contributed by atoms with E-state index in [1.165, 1.54) is 7.11 Å². The molecule has 140 valence electrons. The Morgan fingerprint density at radius 1 is 1.12 bits per heavy atom. The highest BCUT2D eigenvalue weighted by Gasteiger charge is 2.18. The van der Waals surface area contributed by atoms with Crippen LogP contribution in [0.1, 0.15) is 10.4 Å². The molecule has 0 aliphatic rings. The number of amides is 1. The molecular weight excluding hydrogens is 366 g/mol. The van der Waals surface area contributed by atoms with Crippen molar-refractivity contribution in [3.63, 3.8) is 0 Å². The van der Waals surface area contributed by atoms with E-state index in [9.17, 15) is 22.0 Å². The van der Waals surface area contributed by atoms with E-state index >= 15 is 0 Å². The van der Waals surface area contributed by atoms with E-state index in [-0.39, 0.29) is 18.7 Å². The molecule has 2 rings (SSSR count). The minimum Gasteiger partial charge on any atom is -0.497 e. The van der Waals surface area contributed by atoms with Gasteiger partial charge in [0.1, 0.15) is 5.75 Å². The van der Waals surface area contributed by atoms with E-state index in [0.29, 0.717) is 11.4 Å². The average Bonchev–Trinajstić information content (AvgIpc) is 2.60. The fourth-order valence-corrected chi connectivity index (χ4v) is 3.17. The fourth-order valence-electron chi connectivity index (χ4n) is 2.25. The van der Waals surface area contributed by atoms with Crippen LogP contribution in [0.5, 0.6) is 5.75 Å². The Hall–Kier alpha value is -2.68. The summed E-state index contributed by atoms with van der Waals surface area (Å²) in [5.74, 6) is -2.24. The summed E-state index contributed by atoms with van der Waals surface area (Å²) in [6.45, 7) is -0.0441. The van der Waals surface area contributed by atoms with Gasteiger partial charge >= 0.3 is 0 Å². The van der Waals surface area contributed by atoms with Crippen LogP contribution in [0.25, 0.3) is 0 Å². The number of methoxy groups -OCH3 is 1. The number of anilines is 1. The van der Waals surface area contributed by atoms with Crippen molar-refractivity contribution >= 4 is 21.6 Å². The number of rotatable bonds is 7. The van der Waals surface area contributed by atoms with E-state index < -0.39 is 27.6 Å². The molecule has 2 aromatic carbocycles. The van der Waals surface area contributed by atoms with Crippen LogP contribution >= 0.6 is 0 Å². The number of carbonyl (C=O) groups is 1. The molecule has 0 radical (unpaired) electrons. The number of benzene rings is 2. The van der Waals surface area contributed by atoms with Crippen LogP contribution in [-0.4, -0.2) is 40.8 Å². The Balaban J connectivity index is 2.05. The van der Waals surface area contributed by atoms with Gasteiger partial charge < -0.3 is 10.1 Å². The molecule has 1 amide bonds. The molecule has 0 saturated carbocycles. The first-order valence-corrected chi connectivity index (χ1v) is 9.42. The van der Waals surface area contributed by atoms with Gasteiger partial charge in [0.2, 0.25) is 10.0 Å². The molecule has 0 aliphatic heterocycles.